The van der Waals surface area contributed by atoms with Crippen LogP contribution in [0.1, 0.15) is 40.5 Å². The van der Waals surface area contributed by atoms with Crippen LogP contribution in [0, 0.1) is 17.3 Å². The zero-order valence-electron chi connectivity index (χ0n) is 10.5. The summed E-state index contributed by atoms with van der Waals surface area (Å²) in [7, 11) is 0. The highest BCUT2D eigenvalue weighted by atomic mass is 16.3. The molecule has 0 bridgehead atoms. The Labute approximate surface area is 93.9 Å². The third-order valence-corrected chi connectivity index (χ3v) is 4.18. The number of rotatable bonds is 3. The smallest absolute Gasteiger partial charge is 0.0659 e. The molecule has 1 rings (SSSR count). The van der Waals surface area contributed by atoms with Crippen LogP contribution in [0.15, 0.2) is 24.3 Å². The Morgan fingerprint density at radius 1 is 1.67 bits per heavy atom. The number of hydrogen-bond acceptors (Lipinski definition) is 1. The molecule has 0 aliphatic heterocycles. The maximum Gasteiger partial charge on any atom is 0.0659 e. The van der Waals surface area contributed by atoms with Crippen LogP contribution in [-0.2, 0) is 0 Å². The van der Waals surface area contributed by atoms with E-state index in [4.69, 9.17) is 0 Å². The Bertz CT molecular complexity index is 267. The lowest BCUT2D eigenvalue weighted by molar-refractivity contribution is -0.0221. The summed E-state index contributed by atoms with van der Waals surface area (Å²) in [5, 5.41) is 10.4. The van der Waals surface area contributed by atoms with E-state index in [9.17, 15) is 5.11 Å². The zero-order valence-corrected chi connectivity index (χ0v) is 10.5. The highest BCUT2D eigenvalue weighted by Crippen LogP contribution is 2.44. The lowest BCUT2D eigenvalue weighted by atomic mass is 9.64. The lowest BCUT2D eigenvalue weighted by Crippen LogP contribution is -2.42. The van der Waals surface area contributed by atoms with Crippen molar-refractivity contribution in [1.29, 1.82) is 0 Å². The quantitative estimate of drug-likeness (QED) is 0.703. The summed E-state index contributed by atoms with van der Waals surface area (Å²) in [6.07, 6.45) is 6.07. The van der Waals surface area contributed by atoms with Gasteiger partial charge in [0.1, 0.15) is 0 Å². The van der Waals surface area contributed by atoms with Gasteiger partial charge in [-0.05, 0) is 25.7 Å². The molecule has 0 amide bonds. The molecule has 0 fully saturated rings. The summed E-state index contributed by atoms with van der Waals surface area (Å²) < 4.78 is 0. The van der Waals surface area contributed by atoms with Crippen molar-refractivity contribution >= 4 is 0 Å². The molecule has 0 radical (unpaired) electrons. The summed E-state index contributed by atoms with van der Waals surface area (Å²) in [6, 6.07) is 0. The van der Waals surface area contributed by atoms with Gasteiger partial charge >= 0.3 is 0 Å². The largest absolute Gasteiger partial charge is 0.392 e. The standard InChI is InChI=1S/C14H24O/c1-6-11(3)13(15)14(5)8-7-10(2)9-12(14)4/h6,9,11-13,15H,1,7-8H2,2-5H3. The second-order valence-electron chi connectivity index (χ2n) is 5.35. The fourth-order valence-corrected chi connectivity index (χ4v) is 2.54. The SMILES string of the molecule is C=CC(C)C(O)C1(C)CCC(C)=CC1C. The summed E-state index contributed by atoms with van der Waals surface area (Å²) >= 11 is 0. The van der Waals surface area contributed by atoms with Crippen molar-refractivity contribution in [3.63, 3.8) is 0 Å². The van der Waals surface area contributed by atoms with Gasteiger partial charge in [-0.15, -0.1) is 6.58 Å². The normalized spacial score (nSPS) is 35.5. The minimum absolute atomic E-state index is 0.00706. The molecule has 0 spiro atoms. The number of hydrogen-bond donors (Lipinski definition) is 1. The van der Waals surface area contributed by atoms with Crippen molar-refractivity contribution in [3.05, 3.63) is 24.3 Å². The van der Waals surface area contributed by atoms with Crippen LogP contribution in [-0.4, -0.2) is 11.2 Å². The van der Waals surface area contributed by atoms with E-state index in [1.165, 1.54) is 5.57 Å². The van der Waals surface area contributed by atoms with E-state index in [-0.39, 0.29) is 17.4 Å². The maximum absolute atomic E-state index is 10.4. The monoisotopic (exact) mass is 208 g/mol. The Kier molecular flexibility index (Phi) is 3.77. The molecule has 0 aromatic heterocycles. The predicted molar refractivity (Wildman–Crippen MR) is 65.6 cm³/mol. The summed E-state index contributed by atoms with van der Waals surface area (Å²) in [5.74, 6) is 0.618. The molecule has 1 aliphatic rings. The topological polar surface area (TPSA) is 20.2 Å². The highest BCUT2D eigenvalue weighted by molar-refractivity contribution is 5.12. The van der Waals surface area contributed by atoms with Crippen LogP contribution in [0.2, 0.25) is 0 Å². The van der Waals surface area contributed by atoms with Gasteiger partial charge in [-0.3, -0.25) is 0 Å². The molecule has 4 unspecified atom stereocenters. The molecule has 1 heteroatoms. The van der Waals surface area contributed by atoms with Crippen LogP contribution in [0.25, 0.3) is 0 Å². The third-order valence-electron chi connectivity index (χ3n) is 4.18. The van der Waals surface area contributed by atoms with Crippen molar-refractivity contribution in [2.75, 3.05) is 0 Å². The zero-order chi connectivity index (χ0) is 11.6. The fraction of sp³-hybridized carbons (Fsp3) is 0.714. The molecule has 0 saturated heterocycles. The van der Waals surface area contributed by atoms with Crippen molar-refractivity contribution in [2.45, 2.75) is 46.6 Å². The molecule has 0 heterocycles. The van der Waals surface area contributed by atoms with Gasteiger partial charge in [0.25, 0.3) is 0 Å². The second-order valence-corrected chi connectivity index (χ2v) is 5.35. The lowest BCUT2D eigenvalue weighted by Gasteiger charge is -2.43. The van der Waals surface area contributed by atoms with Gasteiger partial charge in [0.15, 0.2) is 0 Å². The van der Waals surface area contributed by atoms with E-state index in [1.807, 2.05) is 13.0 Å². The van der Waals surface area contributed by atoms with Gasteiger partial charge in [0.05, 0.1) is 6.10 Å². The summed E-state index contributed by atoms with van der Waals surface area (Å²) in [6.45, 7) is 12.4. The fourth-order valence-electron chi connectivity index (χ4n) is 2.54. The Balaban J connectivity index is 2.87. The van der Waals surface area contributed by atoms with E-state index in [0.29, 0.717) is 5.92 Å². The Morgan fingerprint density at radius 3 is 2.73 bits per heavy atom. The van der Waals surface area contributed by atoms with Crippen molar-refractivity contribution in [3.8, 4) is 0 Å². The first-order valence-corrected chi connectivity index (χ1v) is 5.89. The Hall–Kier alpha value is -0.560. The molecule has 0 aromatic rings. The number of aliphatic hydroxyl groups excluding tert-OH is 1. The van der Waals surface area contributed by atoms with Crippen LogP contribution in [0.5, 0.6) is 0 Å². The molecule has 15 heavy (non-hydrogen) atoms. The van der Waals surface area contributed by atoms with Crippen LogP contribution in [0.4, 0.5) is 0 Å². The van der Waals surface area contributed by atoms with E-state index in [1.54, 1.807) is 0 Å². The van der Waals surface area contributed by atoms with Crippen molar-refractivity contribution in [1.82, 2.24) is 0 Å². The van der Waals surface area contributed by atoms with E-state index in [2.05, 4.69) is 33.4 Å². The van der Waals surface area contributed by atoms with E-state index < -0.39 is 0 Å². The van der Waals surface area contributed by atoms with Gasteiger partial charge in [0, 0.05) is 11.3 Å². The first-order chi connectivity index (χ1) is 6.91. The number of aliphatic hydroxyl groups is 1. The maximum atomic E-state index is 10.4. The number of allylic oxidation sites excluding steroid dienone is 2. The average Bonchev–Trinajstić information content (AvgIpc) is 2.22. The first kappa shape index (κ1) is 12.5. The minimum Gasteiger partial charge on any atom is -0.392 e. The van der Waals surface area contributed by atoms with Gasteiger partial charge in [-0.1, -0.05) is 38.5 Å². The molecule has 0 saturated carbocycles. The molecule has 86 valence electrons. The third kappa shape index (κ3) is 2.34. The highest BCUT2D eigenvalue weighted by Gasteiger charge is 2.40. The van der Waals surface area contributed by atoms with Gasteiger partial charge in [0.2, 0.25) is 0 Å². The van der Waals surface area contributed by atoms with Crippen molar-refractivity contribution in [2.24, 2.45) is 17.3 Å². The second kappa shape index (κ2) is 4.52. The van der Waals surface area contributed by atoms with Crippen LogP contribution >= 0.6 is 0 Å². The van der Waals surface area contributed by atoms with Gasteiger partial charge in [-0.25, -0.2) is 0 Å². The van der Waals surface area contributed by atoms with Crippen LogP contribution in [0.3, 0.4) is 0 Å². The van der Waals surface area contributed by atoms with Gasteiger partial charge < -0.3 is 5.11 Å². The molecule has 1 nitrogen and oxygen atoms in total. The molecular weight excluding hydrogens is 184 g/mol. The molecule has 1 aliphatic carbocycles. The average molecular weight is 208 g/mol. The van der Waals surface area contributed by atoms with Gasteiger partial charge in [-0.2, -0.15) is 0 Å². The molecule has 4 atom stereocenters. The summed E-state index contributed by atoms with van der Waals surface area (Å²) in [4.78, 5) is 0. The predicted octanol–water partition coefficient (Wildman–Crippen LogP) is 3.55. The molecule has 0 aromatic carbocycles. The van der Waals surface area contributed by atoms with E-state index >= 15 is 0 Å². The Morgan fingerprint density at radius 2 is 2.27 bits per heavy atom. The summed E-state index contributed by atoms with van der Waals surface area (Å²) in [5.41, 5.74) is 1.46. The first-order valence-electron chi connectivity index (χ1n) is 5.89. The van der Waals surface area contributed by atoms with E-state index in [0.717, 1.165) is 12.8 Å². The van der Waals surface area contributed by atoms with Crippen LogP contribution < -0.4 is 0 Å². The minimum atomic E-state index is -0.283. The molecular formula is C14H24O. The molecule has 1 N–H and O–H groups in total. The van der Waals surface area contributed by atoms with Crippen molar-refractivity contribution < 1.29 is 5.11 Å².